The van der Waals surface area contributed by atoms with Crippen LogP contribution in [0.5, 0.6) is 6.01 Å². The molecular formula is C18H19FN4O. The predicted molar refractivity (Wildman–Crippen MR) is 88.4 cm³/mol. The highest BCUT2D eigenvalue weighted by Crippen LogP contribution is 2.40. The summed E-state index contributed by atoms with van der Waals surface area (Å²) in [7, 11) is 0. The van der Waals surface area contributed by atoms with Gasteiger partial charge in [-0.15, -0.1) is 0 Å². The van der Waals surface area contributed by atoms with E-state index < -0.39 is 6.17 Å². The molecule has 4 rings (SSSR count). The smallest absolute Gasteiger partial charge is 0.316 e. The first-order valence-electron chi connectivity index (χ1n) is 8.27. The topological polar surface area (TPSA) is 51.1 Å². The van der Waals surface area contributed by atoms with Gasteiger partial charge in [0.15, 0.2) is 0 Å². The van der Waals surface area contributed by atoms with Gasteiger partial charge in [-0.2, -0.15) is 4.98 Å². The van der Waals surface area contributed by atoms with Crippen LogP contribution in [0.3, 0.4) is 0 Å². The van der Waals surface area contributed by atoms with Crippen molar-refractivity contribution in [3.63, 3.8) is 0 Å². The van der Waals surface area contributed by atoms with Crippen LogP contribution in [0.1, 0.15) is 31.9 Å². The van der Waals surface area contributed by atoms with Crippen molar-refractivity contribution in [2.75, 3.05) is 19.7 Å². The Bertz CT molecular complexity index is 831. The maximum Gasteiger partial charge on any atom is 0.316 e. The summed E-state index contributed by atoms with van der Waals surface area (Å²) in [4.78, 5) is 15.2. The fourth-order valence-electron chi connectivity index (χ4n) is 3.87. The van der Waals surface area contributed by atoms with Gasteiger partial charge in [0, 0.05) is 25.4 Å². The van der Waals surface area contributed by atoms with Crippen molar-refractivity contribution >= 4 is 10.9 Å². The summed E-state index contributed by atoms with van der Waals surface area (Å²) >= 11 is 0. The Kier molecular flexibility index (Phi) is 3.81. The second kappa shape index (κ2) is 5.99. The zero-order valence-electron chi connectivity index (χ0n) is 13.6. The number of halogens is 1. The van der Waals surface area contributed by atoms with Crippen LogP contribution >= 0.6 is 0 Å². The fourth-order valence-corrected chi connectivity index (χ4v) is 3.87. The second-order valence-electron chi connectivity index (χ2n) is 6.48. The van der Waals surface area contributed by atoms with Gasteiger partial charge in [-0.3, -0.25) is 4.90 Å². The third-order valence-electron chi connectivity index (χ3n) is 4.96. The molecule has 2 aliphatic rings. The number of rotatable bonds is 3. The van der Waals surface area contributed by atoms with E-state index in [1.165, 1.54) is 0 Å². The molecule has 0 aromatic carbocycles. The number of alkyl halides is 1. The molecule has 6 heteroatoms. The first kappa shape index (κ1) is 15.3. The minimum Gasteiger partial charge on any atom is -0.461 e. The first-order chi connectivity index (χ1) is 11.7. The molecule has 0 N–H and O–H groups in total. The number of hydrogen-bond acceptors (Lipinski definition) is 5. The Labute approximate surface area is 140 Å². The number of ether oxygens (including phenoxy) is 1. The number of pyridine rings is 1. The molecule has 2 fully saturated rings. The number of hydrogen-bond donors (Lipinski definition) is 0. The minimum absolute atomic E-state index is 0.186. The van der Waals surface area contributed by atoms with Crippen molar-refractivity contribution in [1.29, 1.82) is 0 Å². The molecule has 4 heterocycles. The normalized spacial score (nSPS) is 26.2. The molecule has 2 aromatic rings. The van der Waals surface area contributed by atoms with Crippen LogP contribution in [-0.4, -0.2) is 51.3 Å². The summed E-state index contributed by atoms with van der Waals surface area (Å²) in [5.74, 6) is 5.79. The van der Waals surface area contributed by atoms with Gasteiger partial charge in [-0.25, -0.2) is 14.4 Å². The highest BCUT2D eigenvalue weighted by Gasteiger charge is 2.49. The Balaban J connectivity index is 1.56. The van der Waals surface area contributed by atoms with E-state index in [2.05, 4.69) is 31.7 Å². The second-order valence-corrected chi connectivity index (χ2v) is 6.48. The van der Waals surface area contributed by atoms with Crippen LogP contribution in [0.15, 0.2) is 18.5 Å². The van der Waals surface area contributed by atoms with E-state index in [0.717, 1.165) is 30.3 Å². The van der Waals surface area contributed by atoms with E-state index in [4.69, 9.17) is 4.74 Å². The molecule has 2 aliphatic heterocycles. The van der Waals surface area contributed by atoms with Crippen LogP contribution in [0.2, 0.25) is 0 Å². The molecule has 2 aromatic heterocycles. The zero-order chi connectivity index (χ0) is 16.6. The molecule has 0 radical (unpaired) electrons. The first-order valence-corrected chi connectivity index (χ1v) is 8.27. The van der Waals surface area contributed by atoms with Gasteiger partial charge in [0.1, 0.15) is 18.5 Å². The molecule has 24 heavy (non-hydrogen) atoms. The lowest BCUT2D eigenvalue weighted by Gasteiger charge is -2.30. The van der Waals surface area contributed by atoms with Crippen molar-refractivity contribution in [1.82, 2.24) is 19.9 Å². The maximum absolute atomic E-state index is 13.8. The van der Waals surface area contributed by atoms with Gasteiger partial charge < -0.3 is 4.74 Å². The quantitative estimate of drug-likeness (QED) is 0.811. The van der Waals surface area contributed by atoms with E-state index in [1.54, 1.807) is 19.3 Å². The van der Waals surface area contributed by atoms with Crippen LogP contribution in [-0.2, 0) is 0 Å². The van der Waals surface area contributed by atoms with Crippen molar-refractivity contribution in [2.24, 2.45) is 0 Å². The molecule has 0 saturated carbocycles. The number of aromatic nitrogens is 3. The summed E-state index contributed by atoms with van der Waals surface area (Å²) in [6.45, 7) is 3.68. The third-order valence-corrected chi connectivity index (χ3v) is 4.96. The lowest BCUT2D eigenvalue weighted by molar-refractivity contribution is 0.107. The van der Waals surface area contributed by atoms with E-state index >= 15 is 0 Å². The Morgan fingerprint density at radius 2 is 2.38 bits per heavy atom. The third kappa shape index (κ3) is 2.59. The molecule has 0 spiro atoms. The average molecular weight is 326 g/mol. The lowest BCUT2D eigenvalue weighted by Crippen LogP contribution is -2.43. The van der Waals surface area contributed by atoms with Crippen molar-refractivity contribution in [3.05, 3.63) is 24.2 Å². The fraction of sp³-hybridized carbons (Fsp3) is 0.500. The van der Waals surface area contributed by atoms with E-state index in [1.807, 2.05) is 6.07 Å². The van der Waals surface area contributed by atoms with Crippen molar-refractivity contribution < 1.29 is 9.13 Å². The molecule has 2 atom stereocenters. The molecule has 0 amide bonds. The minimum atomic E-state index is -0.757. The molecule has 5 nitrogen and oxygen atoms in total. The molecule has 0 unspecified atom stereocenters. The van der Waals surface area contributed by atoms with Gasteiger partial charge in [0.25, 0.3) is 0 Å². The van der Waals surface area contributed by atoms with E-state index in [-0.39, 0.29) is 5.54 Å². The van der Waals surface area contributed by atoms with Gasteiger partial charge in [0.05, 0.1) is 16.4 Å². The highest BCUT2D eigenvalue weighted by atomic mass is 19.1. The van der Waals surface area contributed by atoms with Crippen LogP contribution in [0, 0.1) is 11.8 Å². The standard InChI is InChI=1S/C18H19FN4O/c1-2-4-15-14-10-21-17(22-16(14)5-7-20-15)24-12-18-6-3-8-23(18)11-13(19)9-18/h5,7,10,13H,3,6,8-9,11-12H2,1H3/t13-,18+/m1/s1. The summed E-state index contributed by atoms with van der Waals surface area (Å²) in [6.07, 6.45) is 5.23. The SMILES string of the molecule is CC#Cc1nccc2nc(OC[C@@]34CCCN3C[C@H](F)C4)ncc12. The van der Waals surface area contributed by atoms with Crippen molar-refractivity contribution in [3.8, 4) is 17.9 Å². The van der Waals surface area contributed by atoms with Crippen LogP contribution in [0.4, 0.5) is 4.39 Å². The van der Waals surface area contributed by atoms with Crippen LogP contribution in [0.25, 0.3) is 10.9 Å². The van der Waals surface area contributed by atoms with Crippen LogP contribution < -0.4 is 4.74 Å². The molecule has 0 bridgehead atoms. The summed E-state index contributed by atoms with van der Waals surface area (Å²) in [5, 5.41) is 0.810. The Morgan fingerprint density at radius 1 is 1.46 bits per heavy atom. The largest absolute Gasteiger partial charge is 0.461 e. The lowest BCUT2D eigenvalue weighted by atomic mass is 9.95. The summed E-state index contributed by atoms with van der Waals surface area (Å²) in [6, 6.07) is 2.14. The van der Waals surface area contributed by atoms with Gasteiger partial charge in [-0.05, 0) is 38.3 Å². The molecule has 124 valence electrons. The average Bonchev–Trinajstić information content (AvgIpc) is 3.09. The summed E-state index contributed by atoms with van der Waals surface area (Å²) < 4.78 is 19.7. The van der Waals surface area contributed by atoms with Gasteiger partial charge in [-0.1, -0.05) is 5.92 Å². The zero-order valence-corrected chi connectivity index (χ0v) is 13.6. The highest BCUT2D eigenvalue weighted by molar-refractivity contribution is 5.82. The number of fused-ring (bicyclic) bond motifs is 2. The van der Waals surface area contributed by atoms with Gasteiger partial charge >= 0.3 is 6.01 Å². The van der Waals surface area contributed by atoms with Crippen molar-refractivity contribution in [2.45, 2.75) is 37.9 Å². The van der Waals surface area contributed by atoms with E-state index in [9.17, 15) is 4.39 Å². The van der Waals surface area contributed by atoms with E-state index in [0.29, 0.717) is 31.3 Å². The Hall–Kier alpha value is -2.26. The number of nitrogens with zero attached hydrogens (tertiary/aromatic N) is 4. The predicted octanol–water partition coefficient (Wildman–Crippen LogP) is 2.35. The van der Waals surface area contributed by atoms with Gasteiger partial charge in [0.2, 0.25) is 0 Å². The monoisotopic (exact) mass is 326 g/mol. The molecule has 2 saturated heterocycles. The Morgan fingerprint density at radius 3 is 3.25 bits per heavy atom. The molecule has 0 aliphatic carbocycles. The summed E-state index contributed by atoms with van der Waals surface area (Å²) in [5.41, 5.74) is 1.23. The molecular weight excluding hydrogens is 307 g/mol. The maximum atomic E-state index is 13.8.